The lowest BCUT2D eigenvalue weighted by molar-refractivity contribution is 0.416. The summed E-state index contributed by atoms with van der Waals surface area (Å²) in [6.45, 7) is 5.96. The highest BCUT2D eigenvalue weighted by Gasteiger charge is 2.07. The van der Waals surface area contributed by atoms with Crippen LogP contribution >= 0.6 is 0 Å². The van der Waals surface area contributed by atoms with Crippen molar-refractivity contribution in [3.8, 4) is 16.9 Å². The first-order valence-corrected chi connectivity index (χ1v) is 5.81. The Hall–Kier alpha value is -2.22. The van der Waals surface area contributed by atoms with Crippen LogP contribution in [0, 0.1) is 0 Å². The first-order chi connectivity index (χ1) is 8.61. The molecular formula is C16H17NO. The molecule has 0 fully saturated rings. The van der Waals surface area contributed by atoms with Crippen LogP contribution in [0.1, 0.15) is 12.5 Å². The van der Waals surface area contributed by atoms with Gasteiger partial charge in [-0.15, -0.1) is 0 Å². The van der Waals surface area contributed by atoms with Crippen LogP contribution in [0.15, 0.2) is 49.0 Å². The predicted molar refractivity (Wildman–Crippen MR) is 77.6 cm³/mol. The molecule has 0 spiro atoms. The second-order valence-corrected chi connectivity index (χ2v) is 4.32. The van der Waals surface area contributed by atoms with Crippen molar-refractivity contribution in [2.45, 2.75) is 6.92 Å². The fourth-order valence-corrected chi connectivity index (χ4v) is 1.91. The largest absolute Gasteiger partial charge is 0.496 e. The van der Waals surface area contributed by atoms with Crippen molar-refractivity contribution in [1.29, 1.82) is 0 Å². The van der Waals surface area contributed by atoms with Gasteiger partial charge in [0.25, 0.3) is 0 Å². The zero-order valence-electron chi connectivity index (χ0n) is 10.7. The van der Waals surface area contributed by atoms with Crippen LogP contribution in [0.5, 0.6) is 5.75 Å². The van der Waals surface area contributed by atoms with E-state index >= 15 is 0 Å². The number of nitrogens with two attached hydrogens (primary N) is 1. The quantitative estimate of drug-likeness (QED) is 0.822. The lowest BCUT2D eigenvalue weighted by atomic mass is 9.99. The van der Waals surface area contributed by atoms with Crippen molar-refractivity contribution in [1.82, 2.24) is 0 Å². The van der Waals surface area contributed by atoms with Crippen LogP contribution in [-0.4, -0.2) is 7.11 Å². The molecule has 2 heteroatoms. The molecule has 0 saturated carbocycles. The van der Waals surface area contributed by atoms with Crippen LogP contribution in [-0.2, 0) is 0 Å². The van der Waals surface area contributed by atoms with E-state index in [1.54, 1.807) is 7.11 Å². The third-order valence-electron chi connectivity index (χ3n) is 2.89. The maximum Gasteiger partial charge on any atom is 0.126 e. The summed E-state index contributed by atoms with van der Waals surface area (Å²) in [6, 6.07) is 13.8. The highest BCUT2D eigenvalue weighted by molar-refractivity contribution is 5.77. The molecule has 0 saturated heterocycles. The second-order valence-electron chi connectivity index (χ2n) is 4.32. The number of allylic oxidation sites excluding steroid dienone is 1. The number of ether oxygens (including phenoxy) is 1. The third-order valence-corrected chi connectivity index (χ3v) is 2.89. The summed E-state index contributed by atoms with van der Waals surface area (Å²) in [5.41, 5.74) is 10.8. The van der Waals surface area contributed by atoms with Gasteiger partial charge in [-0.3, -0.25) is 0 Å². The first-order valence-electron chi connectivity index (χ1n) is 5.81. The Morgan fingerprint density at radius 2 is 1.94 bits per heavy atom. The van der Waals surface area contributed by atoms with Gasteiger partial charge >= 0.3 is 0 Å². The number of nitrogen functional groups attached to an aromatic ring is 1. The Bertz CT molecular complexity index is 587. The summed E-state index contributed by atoms with van der Waals surface area (Å²) in [5.74, 6) is 0.839. The van der Waals surface area contributed by atoms with E-state index in [4.69, 9.17) is 10.5 Å². The fraction of sp³-hybridized carbons (Fsp3) is 0.125. The van der Waals surface area contributed by atoms with Crippen LogP contribution in [0.2, 0.25) is 0 Å². The molecule has 0 amide bonds. The van der Waals surface area contributed by atoms with Gasteiger partial charge in [0, 0.05) is 11.3 Å². The number of hydrogen-bond donors (Lipinski definition) is 1. The molecule has 0 aliphatic heterocycles. The number of rotatable bonds is 3. The molecule has 0 unspecified atom stereocenters. The molecular weight excluding hydrogens is 222 g/mol. The van der Waals surface area contributed by atoms with E-state index in [0.29, 0.717) is 0 Å². The van der Waals surface area contributed by atoms with Crippen molar-refractivity contribution >= 4 is 11.3 Å². The average Bonchev–Trinajstić information content (AvgIpc) is 2.38. The molecule has 2 aromatic carbocycles. The fourth-order valence-electron chi connectivity index (χ4n) is 1.91. The van der Waals surface area contributed by atoms with Crippen LogP contribution in [0.3, 0.4) is 0 Å². The summed E-state index contributed by atoms with van der Waals surface area (Å²) >= 11 is 0. The topological polar surface area (TPSA) is 35.2 Å². The van der Waals surface area contributed by atoms with Gasteiger partial charge in [-0.25, -0.2) is 0 Å². The Morgan fingerprint density at radius 3 is 2.56 bits per heavy atom. The molecule has 92 valence electrons. The molecule has 0 aromatic heterocycles. The van der Waals surface area contributed by atoms with Gasteiger partial charge in [0.05, 0.1) is 7.11 Å². The van der Waals surface area contributed by atoms with Gasteiger partial charge in [-0.2, -0.15) is 0 Å². The van der Waals surface area contributed by atoms with Crippen LogP contribution in [0.25, 0.3) is 16.7 Å². The highest BCUT2D eigenvalue weighted by atomic mass is 16.5. The zero-order chi connectivity index (χ0) is 13.1. The van der Waals surface area contributed by atoms with Crippen molar-refractivity contribution in [3.63, 3.8) is 0 Å². The molecule has 2 aromatic rings. The Kier molecular flexibility index (Phi) is 3.38. The van der Waals surface area contributed by atoms with E-state index in [9.17, 15) is 0 Å². The summed E-state index contributed by atoms with van der Waals surface area (Å²) in [6.07, 6.45) is 0. The smallest absolute Gasteiger partial charge is 0.126 e. The van der Waals surface area contributed by atoms with Crippen molar-refractivity contribution in [3.05, 3.63) is 54.6 Å². The molecule has 0 aliphatic carbocycles. The van der Waals surface area contributed by atoms with Gasteiger partial charge in [-0.1, -0.05) is 30.4 Å². The standard InChI is InChI=1S/C16H17NO/c1-11(2)12-7-8-16(18-3)15(10-12)13-5-4-6-14(17)9-13/h4-10H,1,17H2,2-3H3. The highest BCUT2D eigenvalue weighted by Crippen LogP contribution is 2.33. The number of benzene rings is 2. The van der Waals surface area contributed by atoms with Gasteiger partial charge in [-0.05, 0) is 42.3 Å². The second kappa shape index (κ2) is 4.96. The van der Waals surface area contributed by atoms with Gasteiger partial charge in [0.1, 0.15) is 5.75 Å². The van der Waals surface area contributed by atoms with Crippen LogP contribution in [0.4, 0.5) is 5.69 Å². The van der Waals surface area contributed by atoms with E-state index in [0.717, 1.165) is 33.7 Å². The Balaban J connectivity index is 2.60. The molecule has 0 radical (unpaired) electrons. The normalized spacial score (nSPS) is 10.1. The first kappa shape index (κ1) is 12.2. The minimum atomic E-state index is 0.746. The minimum absolute atomic E-state index is 0.746. The Labute approximate surface area is 108 Å². The maximum absolute atomic E-state index is 5.83. The number of hydrogen-bond acceptors (Lipinski definition) is 2. The Morgan fingerprint density at radius 1 is 1.17 bits per heavy atom. The third kappa shape index (κ3) is 2.38. The predicted octanol–water partition coefficient (Wildman–Crippen LogP) is 3.98. The summed E-state index contributed by atoms with van der Waals surface area (Å²) < 4.78 is 5.40. The van der Waals surface area contributed by atoms with E-state index in [-0.39, 0.29) is 0 Å². The lowest BCUT2D eigenvalue weighted by Gasteiger charge is -2.11. The molecule has 0 atom stereocenters. The van der Waals surface area contributed by atoms with Crippen molar-refractivity contribution in [2.24, 2.45) is 0 Å². The summed E-state index contributed by atoms with van der Waals surface area (Å²) in [5, 5.41) is 0. The van der Waals surface area contributed by atoms with Crippen LogP contribution < -0.4 is 10.5 Å². The lowest BCUT2D eigenvalue weighted by Crippen LogP contribution is -1.91. The van der Waals surface area contributed by atoms with Crippen molar-refractivity contribution < 1.29 is 4.74 Å². The van der Waals surface area contributed by atoms with E-state index in [1.165, 1.54) is 0 Å². The monoisotopic (exact) mass is 239 g/mol. The average molecular weight is 239 g/mol. The molecule has 2 N–H and O–H groups in total. The minimum Gasteiger partial charge on any atom is -0.496 e. The molecule has 0 heterocycles. The maximum atomic E-state index is 5.83. The summed E-state index contributed by atoms with van der Waals surface area (Å²) in [4.78, 5) is 0. The number of anilines is 1. The molecule has 2 rings (SSSR count). The van der Waals surface area contributed by atoms with Gasteiger partial charge < -0.3 is 10.5 Å². The number of methoxy groups -OCH3 is 1. The molecule has 18 heavy (non-hydrogen) atoms. The van der Waals surface area contributed by atoms with Gasteiger partial charge in [0.2, 0.25) is 0 Å². The zero-order valence-corrected chi connectivity index (χ0v) is 10.7. The molecule has 2 nitrogen and oxygen atoms in total. The van der Waals surface area contributed by atoms with Crippen molar-refractivity contribution in [2.75, 3.05) is 12.8 Å². The SMILES string of the molecule is C=C(C)c1ccc(OC)c(-c2cccc(N)c2)c1. The van der Waals surface area contributed by atoms with E-state index in [1.807, 2.05) is 43.3 Å². The molecule has 0 aliphatic rings. The summed E-state index contributed by atoms with van der Waals surface area (Å²) in [7, 11) is 1.67. The van der Waals surface area contributed by atoms with E-state index in [2.05, 4.69) is 12.6 Å². The van der Waals surface area contributed by atoms with Gasteiger partial charge in [0.15, 0.2) is 0 Å². The van der Waals surface area contributed by atoms with E-state index < -0.39 is 0 Å². The molecule has 0 bridgehead atoms.